The Morgan fingerprint density at radius 1 is 0.882 bits per heavy atom. The normalized spacial score (nSPS) is 19.1. The molecule has 1 saturated carbocycles. The summed E-state index contributed by atoms with van der Waals surface area (Å²) in [4.78, 5) is 43.8. The number of nitrogens with zero attached hydrogens (tertiary/aromatic N) is 3. The molecule has 1 unspecified atom stereocenters. The van der Waals surface area contributed by atoms with Gasteiger partial charge in [-0.05, 0) is 57.4 Å². The molecule has 182 valence electrons. The largest absolute Gasteiger partial charge is 0.349 e. The Morgan fingerprint density at radius 2 is 1.56 bits per heavy atom. The number of benzene rings is 1. The predicted octanol–water partition coefficient (Wildman–Crippen LogP) is 4.86. The van der Waals surface area contributed by atoms with Gasteiger partial charge in [0.05, 0.1) is 0 Å². The van der Waals surface area contributed by atoms with E-state index in [0.717, 1.165) is 44.9 Å². The predicted molar refractivity (Wildman–Crippen MR) is 134 cm³/mol. The van der Waals surface area contributed by atoms with Crippen molar-refractivity contribution in [2.45, 2.75) is 70.8 Å². The maximum atomic E-state index is 13.7. The van der Waals surface area contributed by atoms with E-state index in [4.69, 9.17) is 0 Å². The van der Waals surface area contributed by atoms with Gasteiger partial charge < -0.3 is 14.4 Å². The zero-order chi connectivity index (χ0) is 24.1. The maximum absolute atomic E-state index is 13.7. The number of rotatable bonds is 6. The van der Waals surface area contributed by atoms with Crippen LogP contribution >= 0.6 is 0 Å². The lowest BCUT2D eigenvalue weighted by molar-refractivity contribution is 0.0757. The van der Waals surface area contributed by atoms with E-state index < -0.39 is 5.43 Å². The lowest BCUT2D eigenvalue weighted by Gasteiger charge is -2.24. The minimum Gasteiger partial charge on any atom is -0.349 e. The minimum absolute atomic E-state index is 0.124. The molecule has 1 aromatic carbocycles. The summed E-state index contributed by atoms with van der Waals surface area (Å²) in [7, 11) is 0. The maximum Gasteiger partial charge on any atom is 0.259 e. The Balaban J connectivity index is 1.63. The van der Waals surface area contributed by atoms with Gasteiger partial charge in [-0.15, -0.1) is 0 Å². The summed E-state index contributed by atoms with van der Waals surface area (Å²) in [5.74, 6) is -0.0965. The number of aromatic nitrogens is 1. The summed E-state index contributed by atoms with van der Waals surface area (Å²) in [5, 5.41) is 0. The number of pyridine rings is 1. The highest BCUT2D eigenvalue weighted by Gasteiger charge is 2.29. The molecule has 0 bridgehead atoms. The zero-order valence-electron chi connectivity index (χ0n) is 20.5. The number of carbonyl (C=O) groups excluding carboxylic acids is 2. The lowest BCUT2D eigenvalue weighted by atomic mass is 9.92. The van der Waals surface area contributed by atoms with Gasteiger partial charge in [0.2, 0.25) is 5.43 Å². The van der Waals surface area contributed by atoms with E-state index in [-0.39, 0.29) is 29.0 Å². The first-order valence-electron chi connectivity index (χ1n) is 12.9. The summed E-state index contributed by atoms with van der Waals surface area (Å²) in [6, 6.07) is 10.7. The van der Waals surface area contributed by atoms with Crippen molar-refractivity contribution in [1.29, 1.82) is 0 Å². The fourth-order valence-electron chi connectivity index (χ4n) is 5.53. The van der Waals surface area contributed by atoms with Crippen LogP contribution in [0, 0.1) is 0 Å². The molecule has 2 aliphatic rings. The van der Waals surface area contributed by atoms with Crippen LogP contribution in [0.25, 0.3) is 0 Å². The van der Waals surface area contributed by atoms with E-state index in [9.17, 15) is 14.4 Å². The van der Waals surface area contributed by atoms with E-state index in [1.807, 2.05) is 29.4 Å². The van der Waals surface area contributed by atoms with Gasteiger partial charge in [0.1, 0.15) is 11.1 Å². The van der Waals surface area contributed by atoms with Gasteiger partial charge >= 0.3 is 0 Å². The van der Waals surface area contributed by atoms with Crippen LogP contribution in [0.1, 0.15) is 97.0 Å². The van der Waals surface area contributed by atoms with E-state index >= 15 is 0 Å². The average molecular weight is 464 g/mol. The van der Waals surface area contributed by atoms with Gasteiger partial charge in [0.15, 0.2) is 0 Å². The molecule has 0 N–H and O–H groups in total. The number of hydrogen-bond acceptors (Lipinski definition) is 3. The number of amides is 2. The van der Waals surface area contributed by atoms with E-state index in [2.05, 4.69) is 24.3 Å². The average Bonchev–Trinajstić information content (AvgIpc) is 3.29. The third-order valence-electron chi connectivity index (χ3n) is 7.59. The Labute approximate surface area is 202 Å². The van der Waals surface area contributed by atoms with Crippen molar-refractivity contribution < 1.29 is 9.59 Å². The fourth-order valence-corrected chi connectivity index (χ4v) is 5.53. The Hall–Kier alpha value is -2.89. The molecule has 1 saturated heterocycles. The summed E-state index contributed by atoms with van der Waals surface area (Å²) in [6.07, 6.45) is 10.5. The third-order valence-corrected chi connectivity index (χ3v) is 7.59. The minimum atomic E-state index is -0.431. The fraction of sp³-hybridized carbons (Fsp3) is 0.536. The quantitative estimate of drug-likeness (QED) is 0.615. The molecule has 6 heteroatoms. The number of carbonyl (C=O) groups is 2. The van der Waals surface area contributed by atoms with Crippen LogP contribution < -0.4 is 5.43 Å². The highest BCUT2D eigenvalue weighted by molar-refractivity contribution is 5.99. The Bertz CT molecular complexity index is 1050. The molecule has 1 aliphatic heterocycles. The molecule has 1 aliphatic carbocycles. The van der Waals surface area contributed by atoms with Gasteiger partial charge in [-0.25, -0.2) is 0 Å². The topological polar surface area (TPSA) is 62.6 Å². The smallest absolute Gasteiger partial charge is 0.259 e. The molecule has 0 spiro atoms. The SMILES string of the molecule is CCN(CC)C(=O)c1cn(C2CCCC2)cc(C(=O)N2CCCC(c3ccccc3)CC2)c1=O. The van der Waals surface area contributed by atoms with Crippen LogP contribution in [0.4, 0.5) is 0 Å². The molecule has 4 rings (SSSR count). The Morgan fingerprint density at radius 3 is 2.24 bits per heavy atom. The van der Waals surface area contributed by atoms with Crippen LogP contribution in [-0.4, -0.2) is 52.4 Å². The molecule has 2 aromatic rings. The van der Waals surface area contributed by atoms with Crippen LogP contribution in [-0.2, 0) is 0 Å². The second kappa shape index (κ2) is 11.0. The molecule has 1 atom stereocenters. The van der Waals surface area contributed by atoms with Crippen molar-refractivity contribution >= 4 is 11.8 Å². The van der Waals surface area contributed by atoms with Crippen molar-refractivity contribution in [3.05, 3.63) is 69.6 Å². The second-order valence-corrected chi connectivity index (χ2v) is 9.61. The Kier molecular flexibility index (Phi) is 7.86. The van der Waals surface area contributed by atoms with Gasteiger partial charge in [-0.3, -0.25) is 14.4 Å². The van der Waals surface area contributed by atoms with Crippen LogP contribution in [0.5, 0.6) is 0 Å². The summed E-state index contributed by atoms with van der Waals surface area (Å²) >= 11 is 0. The van der Waals surface area contributed by atoms with Crippen molar-refractivity contribution in [2.75, 3.05) is 26.2 Å². The molecule has 34 heavy (non-hydrogen) atoms. The number of likely N-dealkylation sites (tertiary alicyclic amines) is 1. The molecule has 2 amide bonds. The first-order chi connectivity index (χ1) is 16.5. The molecule has 1 aromatic heterocycles. The molecule has 2 heterocycles. The van der Waals surface area contributed by atoms with E-state index in [1.54, 1.807) is 17.3 Å². The molecule has 2 fully saturated rings. The molecule has 6 nitrogen and oxygen atoms in total. The molecule has 0 radical (unpaired) electrons. The highest BCUT2D eigenvalue weighted by atomic mass is 16.2. The summed E-state index contributed by atoms with van der Waals surface area (Å²) in [6.45, 7) is 6.14. The summed E-state index contributed by atoms with van der Waals surface area (Å²) in [5.41, 5.74) is 1.15. The van der Waals surface area contributed by atoms with Gasteiger partial charge in [0.25, 0.3) is 11.8 Å². The second-order valence-electron chi connectivity index (χ2n) is 9.61. The molecular formula is C28H37N3O3. The third kappa shape index (κ3) is 5.11. The van der Waals surface area contributed by atoms with Gasteiger partial charge in [-0.2, -0.15) is 0 Å². The lowest BCUT2D eigenvalue weighted by Crippen LogP contribution is -2.39. The highest BCUT2D eigenvalue weighted by Crippen LogP contribution is 2.30. The van der Waals surface area contributed by atoms with Crippen LogP contribution in [0.15, 0.2) is 47.5 Å². The van der Waals surface area contributed by atoms with E-state index in [0.29, 0.717) is 32.1 Å². The van der Waals surface area contributed by atoms with Crippen molar-refractivity contribution in [3.63, 3.8) is 0 Å². The van der Waals surface area contributed by atoms with Gasteiger partial charge in [0, 0.05) is 44.6 Å². The van der Waals surface area contributed by atoms with Crippen molar-refractivity contribution in [3.8, 4) is 0 Å². The zero-order valence-corrected chi connectivity index (χ0v) is 20.5. The van der Waals surface area contributed by atoms with E-state index in [1.165, 1.54) is 5.56 Å². The molecular weight excluding hydrogens is 426 g/mol. The summed E-state index contributed by atoms with van der Waals surface area (Å²) < 4.78 is 1.98. The first kappa shape index (κ1) is 24.2. The van der Waals surface area contributed by atoms with Crippen molar-refractivity contribution in [2.24, 2.45) is 0 Å². The number of hydrogen-bond donors (Lipinski definition) is 0. The van der Waals surface area contributed by atoms with Gasteiger partial charge in [-0.1, -0.05) is 43.2 Å². The van der Waals surface area contributed by atoms with Crippen molar-refractivity contribution in [1.82, 2.24) is 14.4 Å². The first-order valence-corrected chi connectivity index (χ1v) is 12.9. The van der Waals surface area contributed by atoms with Crippen LogP contribution in [0.3, 0.4) is 0 Å². The standard InChI is InChI=1S/C28H37N3O3/c1-3-29(4-2)27(33)24-19-31(23-14-8-9-15-23)20-25(26(24)32)28(34)30-17-10-13-22(16-18-30)21-11-6-5-7-12-21/h5-7,11-12,19-20,22-23H,3-4,8-10,13-18H2,1-2H3. The monoisotopic (exact) mass is 463 g/mol. The van der Waals surface area contributed by atoms with Crippen LogP contribution in [0.2, 0.25) is 0 Å².